The van der Waals surface area contributed by atoms with Gasteiger partial charge in [-0.25, -0.2) is 0 Å². The Hall–Kier alpha value is 0.340. The standard InChI is InChI=1S/C13H22F5IO/c14-12(15,13(16,17)18)10-11(19)8-6-4-2-1-3-5-7-9-20/h11,20H,1-10H2. The SMILES string of the molecule is OCCCCCCCCCC(I)CC(F)(F)C(F)(F)F. The molecule has 0 aliphatic rings. The number of unbranched alkanes of at least 4 members (excludes halogenated alkanes) is 6. The number of aliphatic hydroxyl groups is 1. The molecule has 1 N–H and O–H groups in total. The molecule has 7 heteroatoms. The van der Waals surface area contributed by atoms with E-state index in [0.29, 0.717) is 12.8 Å². The van der Waals surface area contributed by atoms with Crippen LogP contribution >= 0.6 is 22.6 Å². The Labute approximate surface area is 130 Å². The minimum Gasteiger partial charge on any atom is -0.396 e. The van der Waals surface area contributed by atoms with Gasteiger partial charge >= 0.3 is 12.1 Å². The molecule has 122 valence electrons. The quantitative estimate of drug-likeness (QED) is 0.204. The highest BCUT2D eigenvalue weighted by Crippen LogP contribution is 2.40. The minimum absolute atomic E-state index is 0.198. The van der Waals surface area contributed by atoms with Crippen LogP contribution in [0.25, 0.3) is 0 Å². The van der Waals surface area contributed by atoms with Crippen molar-refractivity contribution in [3.8, 4) is 0 Å². The van der Waals surface area contributed by atoms with Crippen LogP contribution in [0.5, 0.6) is 0 Å². The first-order valence-electron chi connectivity index (χ1n) is 6.90. The van der Waals surface area contributed by atoms with Crippen molar-refractivity contribution in [3.63, 3.8) is 0 Å². The van der Waals surface area contributed by atoms with Gasteiger partial charge in [0.05, 0.1) is 0 Å². The van der Waals surface area contributed by atoms with Crippen LogP contribution in [0.1, 0.15) is 57.8 Å². The number of rotatable bonds is 11. The summed E-state index contributed by atoms with van der Waals surface area (Å²) in [5.74, 6) is -4.58. The molecular formula is C13H22F5IO. The molecule has 0 aromatic heterocycles. The lowest BCUT2D eigenvalue weighted by atomic mass is 10.0. The maximum absolute atomic E-state index is 12.8. The van der Waals surface area contributed by atoms with Crippen LogP contribution in [-0.2, 0) is 0 Å². The maximum atomic E-state index is 12.8. The van der Waals surface area contributed by atoms with E-state index >= 15 is 0 Å². The zero-order valence-corrected chi connectivity index (χ0v) is 13.5. The summed E-state index contributed by atoms with van der Waals surface area (Å²) in [5, 5.41) is 8.58. The van der Waals surface area contributed by atoms with Crippen molar-refractivity contribution in [1.29, 1.82) is 0 Å². The van der Waals surface area contributed by atoms with Gasteiger partial charge in [-0.3, -0.25) is 0 Å². The summed E-state index contributed by atoms with van der Waals surface area (Å²) in [6.07, 6.45) is 0.137. The van der Waals surface area contributed by atoms with Crippen LogP contribution in [0.3, 0.4) is 0 Å². The van der Waals surface area contributed by atoms with E-state index < -0.39 is 22.4 Å². The molecule has 0 aliphatic heterocycles. The molecule has 0 saturated carbocycles. The fourth-order valence-corrected chi connectivity index (χ4v) is 2.85. The first kappa shape index (κ1) is 20.3. The number of aliphatic hydroxyl groups excluding tert-OH is 1. The van der Waals surface area contributed by atoms with Crippen molar-refractivity contribution in [2.24, 2.45) is 0 Å². The largest absolute Gasteiger partial charge is 0.453 e. The van der Waals surface area contributed by atoms with Crippen LogP contribution in [-0.4, -0.2) is 27.7 Å². The van der Waals surface area contributed by atoms with Crippen molar-refractivity contribution < 1.29 is 27.1 Å². The molecule has 0 bridgehead atoms. The molecule has 0 spiro atoms. The summed E-state index contributed by atoms with van der Waals surface area (Å²) in [4.78, 5) is 0. The molecule has 0 amide bonds. The lowest BCUT2D eigenvalue weighted by Gasteiger charge is -2.22. The van der Waals surface area contributed by atoms with Gasteiger partial charge in [0, 0.05) is 17.0 Å². The van der Waals surface area contributed by atoms with E-state index in [1.54, 1.807) is 22.6 Å². The van der Waals surface area contributed by atoms with E-state index in [4.69, 9.17) is 5.11 Å². The smallest absolute Gasteiger partial charge is 0.396 e. The van der Waals surface area contributed by atoms with Gasteiger partial charge in [-0.1, -0.05) is 61.1 Å². The molecule has 0 saturated heterocycles. The Balaban J connectivity index is 3.62. The summed E-state index contributed by atoms with van der Waals surface area (Å²) >= 11 is 1.68. The van der Waals surface area contributed by atoms with Crippen LogP contribution in [0, 0.1) is 0 Å². The maximum Gasteiger partial charge on any atom is 0.453 e. The number of halogens is 6. The molecule has 0 radical (unpaired) electrons. The average Bonchev–Trinajstić information content (AvgIpc) is 2.30. The van der Waals surface area contributed by atoms with Gasteiger partial charge in [0.15, 0.2) is 0 Å². The van der Waals surface area contributed by atoms with E-state index in [9.17, 15) is 22.0 Å². The van der Waals surface area contributed by atoms with E-state index in [-0.39, 0.29) is 6.61 Å². The van der Waals surface area contributed by atoms with Crippen LogP contribution in [0.15, 0.2) is 0 Å². The molecular weight excluding hydrogens is 394 g/mol. The fraction of sp³-hybridized carbons (Fsp3) is 1.00. The summed E-state index contributed by atoms with van der Waals surface area (Å²) in [7, 11) is 0. The molecule has 1 unspecified atom stereocenters. The van der Waals surface area contributed by atoms with Gasteiger partial charge in [0.2, 0.25) is 0 Å². The Bertz CT molecular complexity index is 245. The van der Waals surface area contributed by atoms with Crippen molar-refractivity contribution in [3.05, 3.63) is 0 Å². The predicted molar refractivity (Wildman–Crippen MR) is 77.4 cm³/mol. The second-order valence-corrected chi connectivity index (χ2v) is 6.75. The third-order valence-corrected chi connectivity index (χ3v) is 4.13. The van der Waals surface area contributed by atoms with Crippen molar-refractivity contribution in [2.75, 3.05) is 6.61 Å². The van der Waals surface area contributed by atoms with Crippen molar-refractivity contribution in [1.82, 2.24) is 0 Å². The van der Waals surface area contributed by atoms with E-state index in [2.05, 4.69) is 0 Å². The van der Waals surface area contributed by atoms with Crippen molar-refractivity contribution >= 4 is 22.6 Å². The summed E-state index contributed by atoms with van der Waals surface area (Å²) in [6.45, 7) is 0.198. The van der Waals surface area contributed by atoms with Gasteiger partial charge in [-0.05, 0) is 12.8 Å². The average molecular weight is 416 g/mol. The molecule has 1 nitrogen and oxygen atoms in total. The second kappa shape index (κ2) is 10.1. The molecule has 20 heavy (non-hydrogen) atoms. The molecule has 0 aromatic carbocycles. The van der Waals surface area contributed by atoms with Crippen LogP contribution < -0.4 is 0 Å². The topological polar surface area (TPSA) is 20.2 Å². The molecule has 0 fully saturated rings. The van der Waals surface area contributed by atoms with Gasteiger partial charge in [0.1, 0.15) is 0 Å². The van der Waals surface area contributed by atoms with Crippen LogP contribution in [0.2, 0.25) is 0 Å². The normalized spacial score (nSPS) is 14.6. The molecule has 1 atom stereocenters. The fourth-order valence-electron chi connectivity index (χ4n) is 1.86. The third-order valence-electron chi connectivity index (χ3n) is 3.07. The van der Waals surface area contributed by atoms with Gasteiger partial charge < -0.3 is 5.11 Å². The first-order chi connectivity index (χ1) is 9.20. The summed E-state index contributed by atoms with van der Waals surface area (Å²) in [6, 6.07) is 0. The van der Waals surface area contributed by atoms with Gasteiger partial charge in [-0.2, -0.15) is 22.0 Å². The number of alkyl halides is 6. The second-order valence-electron chi connectivity index (χ2n) is 4.99. The van der Waals surface area contributed by atoms with E-state index in [1.165, 1.54) is 0 Å². The highest BCUT2D eigenvalue weighted by atomic mass is 127. The minimum atomic E-state index is -5.44. The third kappa shape index (κ3) is 9.31. The Morgan fingerprint density at radius 3 is 1.70 bits per heavy atom. The molecule has 0 rings (SSSR count). The number of hydrogen-bond donors (Lipinski definition) is 1. The summed E-state index contributed by atoms with van der Waals surface area (Å²) < 4.78 is 60.9. The zero-order chi connectivity index (χ0) is 15.6. The molecule has 0 aliphatic carbocycles. The lowest BCUT2D eigenvalue weighted by molar-refractivity contribution is -0.283. The van der Waals surface area contributed by atoms with E-state index in [0.717, 1.165) is 38.5 Å². The summed E-state index contributed by atoms with van der Waals surface area (Å²) in [5.41, 5.74) is 0. The zero-order valence-electron chi connectivity index (χ0n) is 11.4. The monoisotopic (exact) mass is 416 g/mol. The van der Waals surface area contributed by atoms with Gasteiger partial charge in [0.25, 0.3) is 0 Å². The highest BCUT2D eigenvalue weighted by Gasteiger charge is 2.57. The molecule has 0 aromatic rings. The lowest BCUT2D eigenvalue weighted by Crippen LogP contribution is -2.38. The number of hydrogen-bond acceptors (Lipinski definition) is 1. The highest BCUT2D eigenvalue weighted by molar-refractivity contribution is 14.1. The van der Waals surface area contributed by atoms with Crippen molar-refractivity contribution in [2.45, 2.75) is 73.8 Å². The molecule has 0 heterocycles. The Kier molecular flexibility index (Phi) is 10.3. The van der Waals surface area contributed by atoms with E-state index in [1.807, 2.05) is 0 Å². The van der Waals surface area contributed by atoms with Crippen LogP contribution in [0.4, 0.5) is 22.0 Å². The Morgan fingerprint density at radius 2 is 1.25 bits per heavy atom. The predicted octanol–water partition coefficient (Wildman–Crippen LogP) is 5.49. The Morgan fingerprint density at radius 1 is 0.800 bits per heavy atom. The van der Waals surface area contributed by atoms with Gasteiger partial charge in [-0.15, -0.1) is 0 Å². The first-order valence-corrected chi connectivity index (χ1v) is 8.15.